The zero-order chi connectivity index (χ0) is 10.3. The fourth-order valence-electron chi connectivity index (χ4n) is 0.694. The van der Waals surface area contributed by atoms with Crippen LogP contribution in [0.25, 0.3) is 0 Å². The Balaban J connectivity index is 3.56. The average Bonchev–Trinajstić information content (AvgIpc) is 2.04. The van der Waals surface area contributed by atoms with Crippen LogP contribution in [0.5, 0.6) is 0 Å². The Hall–Kier alpha value is -0.680. The number of thiocarbonyl (C=S) groups is 1. The van der Waals surface area contributed by atoms with Crippen LogP contribution in [-0.4, -0.2) is 30.2 Å². The fourth-order valence-corrected chi connectivity index (χ4v) is 0.753. The second kappa shape index (κ2) is 6.80. The van der Waals surface area contributed by atoms with Gasteiger partial charge in [0.1, 0.15) is 0 Å². The lowest BCUT2D eigenvalue weighted by Crippen LogP contribution is -2.41. The number of carbonyl (C=O) groups excluding carboxylic acids is 1. The topological polar surface area (TPSA) is 64.3 Å². The first-order valence-electron chi connectivity index (χ1n) is 4.24. The van der Waals surface area contributed by atoms with E-state index in [1.165, 1.54) is 0 Å². The van der Waals surface area contributed by atoms with Gasteiger partial charge < -0.3 is 15.8 Å². The molecule has 0 aliphatic carbocycles. The van der Waals surface area contributed by atoms with E-state index >= 15 is 0 Å². The van der Waals surface area contributed by atoms with Crippen molar-refractivity contribution < 1.29 is 9.53 Å². The molecule has 0 aromatic rings. The van der Waals surface area contributed by atoms with Crippen LogP contribution in [0.3, 0.4) is 0 Å². The Morgan fingerprint density at radius 3 is 2.77 bits per heavy atom. The highest BCUT2D eigenvalue weighted by molar-refractivity contribution is 7.80. The highest BCUT2D eigenvalue weighted by atomic mass is 32.1. The van der Waals surface area contributed by atoms with Gasteiger partial charge in [-0.3, -0.25) is 4.79 Å². The van der Waals surface area contributed by atoms with E-state index in [4.69, 9.17) is 22.7 Å². The summed E-state index contributed by atoms with van der Waals surface area (Å²) in [6.45, 7) is 4.70. The number of hydrogen-bond donors (Lipinski definition) is 2. The number of rotatable bonds is 6. The minimum atomic E-state index is -0.246. The Morgan fingerprint density at radius 2 is 2.31 bits per heavy atom. The van der Waals surface area contributed by atoms with E-state index < -0.39 is 0 Å². The van der Waals surface area contributed by atoms with Crippen molar-refractivity contribution in [2.24, 2.45) is 5.73 Å². The summed E-state index contributed by atoms with van der Waals surface area (Å²) in [6.07, 6.45) is 0.348. The Morgan fingerprint density at radius 1 is 1.69 bits per heavy atom. The van der Waals surface area contributed by atoms with Crippen molar-refractivity contribution in [2.75, 3.05) is 13.2 Å². The first kappa shape index (κ1) is 12.3. The van der Waals surface area contributed by atoms with Crippen LogP contribution in [-0.2, 0) is 9.53 Å². The zero-order valence-corrected chi connectivity index (χ0v) is 8.82. The normalized spacial score (nSPS) is 12.2. The maximum absolute atomic E-state index is 11.1. The predicted molar refractivity (Wildman–Crippen MR) is 55.5 cm³/mol. The Kier molecular flexibility index (Phi) is 6.44. The van der Waals surface area contributed by atoms with E-state index in [9.17, 15) is 4.79 Å². The van der Waals surface area contributed by atoms with E-state index in [0.29, 0.717) is 24.6 Å². The maximum atomic E-state index is 11.1. The van der Waals surface area contributed by atoms with Gasteiger partial charge in [0.2, 0.25) is 5.91 Å². The third-order valence-electron chi connectivity index (χ3n) is 1.48. The summed E-state index contributed by atoms with van der Waals surface area (Å²) >= 11 is 4.70. The molecule has 0 heterocycles. The molecule has 1 amide bonds. The van der Waals surface area contributed by atoms with Crippen LogP contribution < -0.4 is 11.1 Å². The number of carbonyl (C=O) groups is 1. The van der Waals surface area contributed by atoms with Gasteiger partial charge in [0.05, 0.1) is 17.6 Å². The van der Waals surface area contributed by atoms with Gasteiger partial charge in [-0.2, -0.15) is 0 Å². The molecular weight excluding hydrogens is 188 g/mol. The van der Waals surface area contributed by atoms with E-state index in [1.54, 1.807) is 6.92 Å². The van der Waals surface area contributed by atoms with Crippen LogP contribution >= 0.6 is 12.2 Å². The van der Waals surface area contributed by atoms with E-state index in [2.05, 4.69) is 5.32 Å². The zero-order valence-electron chi connectivity index (χ0n) is 8.00. The third kappa shape index (κ3) is 6.48. The molecule has 0 aromatic carbocycles. The highest BCUT2D eigenvalue weighted by Crippen LogP contribution is 1.87. The standard InChI is InChI=1S/C8H16N2O2S/c1-3-12-5-4-7(11)10-6(2)8(9)13/h6H,3-5H2,1-2H3,(H2,9,13)(H,10,11). The van der Waals surface area contributed by atoms with E-state index in [1.807, 2.05) is 6.92 Å². The van der Waals surface area contributed by atoms with Gasteiger partial charge in [-0.05, 0) is 13.8 Å². The molecule has 0 bridgehead atoms. The van der Waals surface area contributed by atoms with Crippen LogP contribution in [0.1, 0.15) is 20.3 Å². The molecule has 5 heteroatoms. The van der Waals surface area contributed by atoms with Crippen LogP contribution in [0.2, 0.25) is 0 Å². The van der Waals surface area contributed by atoms with Gasteiger partial charge in [0.15, 0.2) is 0 Å². The van der Waals surface area contributed by atoms with E-state index in [-0.39, 0.29) is 11.9 Å². The molecular formula is C8H16N2O2S. The van der Waals surface area contributed by atoms with Crippen molar-refractivity contribution in [2.45, 2.75) is 26.3 Å². The minimum absolute atomic E-state index is 0.0891. The van der Waals surface area contributed by atoms with Gasteiger partial charge in [-0.15, -0.1) is 0 Å². The van der Waals surface area contributed by atoms with Crippen molar-refractivity contribution in [1.82, 2.24) is 5.32 Å². The molecule has 0 radical (unpaired) electrons. The number of ether oxygens (including phenoxy) is 1. The average molecular weight is 204 g/mol. The van der Waals surface area contributed by atoms with Crippen LogP contribution in [0.4, 0.5) is 0 Å². The maximum Gasteiger partial charge on any atom is 0.222 e. The highest BCUT2D eigenvalue weighted by Gasteiger charge is 2.08. The smallest absolute Gasteiger partial charge is 0.222 e. The molecule has 13 heavy (non-hydrogen) atoms. The second-order valence-electron chi connectivity index (χ2n) is 2.64. The lowest BCUT2D eigenvalue weighted by molar-refractivity contribution is -0.122. The summed E-state index contributed by atoms with van der Waals surface area (Å²) in [6, 6.07) is -0.246. The molecule has 1 unspecified atom stereocenters. The van der Waals surface area contributed by atoms with Crippen molar-refractivity contribution in [3.8, 4) is 0 Å². The predicted octanol–water partition coefficient (Wildman–Crippen LogP) is 0.204. The molecule has 76 valence electrons. The second-order valence-corrected chi connectivity index (χ2v) is 3.11. The summed E-state index contributed by atoms with van der Waals surface area (Å²) < 4.78 is 5.02. The molecule has 0 spiro atoms. The van der Waals surface area contributed by atoms with Crippen LogP contribution in [0.15, 0.2) is 0 Å². The number of hydrogen-bond acceptors (Lipinski definition) is 3. The Labute approximate surface area is 83.8 Å². The van der Waals surface area contributed by atoms with Crippen molar-refractivity contribution in [1.29, 1.82) is 0 Å². The monoisotopic (exact) mass is 204 g/mol. The van der Waals surface area contributed by atoms with Gasteiger partial charge in [0.25, 0.3) is 0 Å². The fraction of sp³-hybridized carbons (Fsp3) is 0.750. The molecule has 0 aliphatic rings. The first-order valence-corrected chi connectivity index (χ1v) is 4.65. The summed E-state index contributed by atoms with van der Waals surface area (Å²) in [5.74, 6) is -0.0891. The SMILES string of the molecule is CCOCCC(=O)NC(C)C(N)=S. The molecule has 0 saturated carbocycles. The molecule has 0 fully saturated rings. The number of nitrogens with one attached hydrogen (secondary N) is 1. The number of amides is 1. The van der Waals surface area contributed by atoms with Crippen molar-refractivity contribution in [3.63, 3.8) is 0 Å². The van der Waals surface area contributed by atoms with Crippen molar-refractivity contribution >= 4 is 23.1 Å². The Bertz CT molecular complexity index is 185. The molecule has 0 rings (SSSR count). The van der Waals surface area contributed by atoms with Gasteiger partial charge in [-0.25, -0.2) is 0 Å². The molecule has 0 aromatic heterocycles. The van der Waals surface area contributed by atoms with E-state index in [0.717, 1.165) is 0 Å². The lowest BCUT2D eigenvalue weighted by Gasteiger charge is -2.11. The first-order chi connectivity index (χ1) is 6.07. The van der Waals surface area contributed by atoms with Gasteiger partial charge in [-0.1, -0.05) is 12.2 Å². The molecule has 1 atom stereocenters. The largest absolute Gasteiger partial charge is 0.392 e. The van der Waals surface area contributed by atoms with Crippen LogP contribution in [0, 0.1) is 0 Å². The molecule has 4 nitrogen and oxygen atoms in total. The summed E-state index contributed by atoms with van der Waals surface area (Å²) in [4.78, 5) is 11.4. The molecule has 3 N–H and O–H groups in total. The van der Waals surface area contributed by atoms with Gasteiger partial charge >= 0.3 is 0 Å². The van der Waals surface area contributed by atoms with Gasteiger partial charge in [0, 0.05) is 13.0 Å². The quantitative estimate of drug-likeness (QED) is 0.479. The van der Waals surface area contributed by atoms with Crippen molar-refractivity contribution in [3.05, 3.63) is 0 Å². The molecule has 0 saturated heterocycles. The summed E-state index contributed by atoms with van der Waals surface area (Å²) in [5, 5.41) is 2.65. The number of nitrogens with two attached hydrogens (primary N) is 1. The summed E-state index contributed by atoms with van der Waals surface area (Å²) in [5.41, 5.74) is 5.32. The molecule has 0 aliphatic heterocycles. The minimum Gasteiger partial charge on any atom is -0.392 e. The third-order valence-corrected chi connectivity index (χ3v) is 1.84. The summed E-state index contributed by atoms with van der Waals surface area (Å²) in [7, 11) is 0. The lowest BCUT2D eigenvalue weighted by atomic mass is 10.3.